The standard InChI is InChI=1S/C19H23N5OS/c1-14-12-24-13-16(22-19(24)26-14)10-18(25)21-11-15-4-2-3-5-17(15)23-8-6-20-7-9-23/h2-5,12-13,20H,6-11H2,1H3,(H,21,25). The van der Waals surface area contributed by atoms with Crippen molar-refractivity contribution in [1.29, 1.82) is 0 Å². The Morgan fingerprint density at radius 2 is 2.08 bits per heavy atom. The molecule has 1 aromatic carbocycles. The third-order valence-electron chi connectivity index (χ3n) is 4.59. The van der Waals surface area contributed by atoms with E-state index in [4.69, 9.17) is 0 Å². The number of carbonyl (C=O) groups is 1. The van der Waals surface area contributed by atoms with Crippen molar-refractivity contribution in [2.75, 3.05) is 31.1 Å². The maximum Gasteiger partial charge on any atom is 0.226 e. The molecule has 3 aromatic rings. The van der Waals surface area contributed by atoms with Gasteiger partial charge in [-0.2, -0.15) is 0 Å². The molecule has 4 rings (SSSR count). The van der Waals surface area contributed by atoms with Gasteiger partial charge in [-0.25, -0.2) is 4.98 Å². The van der Waals surface area contributed by atoms with Crippen LogP contribution in [-0.4, -0.2) is 41.5 Å². The van der Waals surface area contributed by atoms with Gasteiger partial charge in [0, 0.05) is 55.7 Å². The molecule has 0 radical (unpaired) electrons. The topological polar surface area (TPSA) is 61.7 Å². The summed E-state index contributed by atoms with van der Waals surface area (Å²) in [5.41, 5.74) is 3.18. The first kappa shape index (κ1) is 17.1. The zero-order chi connectivity index (χ0) is 17.9. The highest BCUT2D eigenvalue weighted by Crippen LogP contribution is 2.21. The third-order valence-corrected chi connectivity index (χ3v) is 5.50. The van der Waals surface area contributed by atoms with Gasteiger partial charge in [-0.1, -0.05) is 18.2 Å². The molecule has 136 valence electrons. The van der Waals surface area contributed by atoms with Crippen LogP contribution < -0.4 is 15.5 Å². The molecule has 1 aliphatic heterocycles. The fourth-order valence-corrected chi connectivity index (χ4v) is 4.17. The van der Waals surface area contributed by atoms with Gasteiger partial charge in [0.05, 0.1) is 12.1 Å². The summed E-state index contributed by atoms with van der Waals surface area (Å²) in [7, 11) is 0. The summed E-state index contributed by atoms with van der Waals surface area (Å²) in [5.74, 6) is 0.00240. The minimum atomic E-state index is 0.00240. The highest BCUT2D eigenvalue weighted by molar-refractivity contribution is 7.16. The smallest absolute Gasteiger partial charge is 0.226 e. The highest BCUT2D eigenvalue weighted by Gasteiger charge is 2.15. The molecular formula is C19H23N5OS. The van der Waals surface area contributed by atoms with Crippen molar-refractivity contribution in [2.24, 2.45) is 0 Å². The number of aryl methyl sites for hydroxylation is 1. The number of nitrogens with one attached hydrogen (secondary N) is 2. The lowest BCUT2D eigenvalue weighted by Gasteiger charge is -2.31. The molecule has 2 aromatic heterocycles. The summed E-state index contributed by atoms with van der Waals surface area (Å²) in [6.07, 6.45) is 4.29. The summed E-state index contributed by atoms with van der Waals surface area (Å²) in [4.78, 5) is 21.4. The quantitative estimate of drug-likeness (QED) is 0.722. The van der Waals surface area contributed by atoms with Crippen molar-refractivity contribution < 1.29 is 4.79 Å². The number of anilines is 1. The Kier molecular flexibility index (Phi) is 4.90. The fourth-order valence-electron chi connectivity index (χ4n) is 3.34. The molecule has 0 bridgehead atoms. The highest BCUT2D eigenvalue weighted by atomic mass is 32.1. The molecule has 1 saturated heterocycles. The molecule has 6 nitrogen and oxygen atoms in total. The van der Waals surface area contributed by atoms with Gasteiger partial charge in [0.15, 0.2) is 4.96 Å². The zero-order valence-electron chi connectivity index (χ0n) is 14.9. The van der Waals surface area contributed by atoms with Gasteiger partial charge in [0.1, 0.15) is 0 Å². The molecule has 0 unspecified atom stereocenters. The Hall–Kier alpha value is -2.38. The van der Waals surface area contributed by atoms with Crippen LogP contribution in [0.15, 0.2) is 36.7 Å². The Balaban J connectivity index is 1.38. The van der Waals surface area contributed by atoms with Crippen molar-refractivity contribution in [3.05, 3.63) is 52.8 Å². The van der Waals surface area contributed by atoms with Crippen LogP contribution in [0.2, 0.25) is 0 Å². The van der Waals surface area contributed by atoms with E-state index < -0.39 is 0 Å². The molecule has 0 spiro atoms. The summed E-state index contributed by atoms with van der Waals surface area (Å²) in [5, 5.41) is 6.42. The maximum atomic E-state index is 12.4. The molecule has 26 heavy (non-hydrogen) atoms. The van der Waals surface area contributed by atoms with Gasteiger partial charge in [-0.15, -0.1) is 11.3 Å². The lowest BCUT2D eigenvalue weighted by molar-refractivity contribution is -0.120. The van der Waals surface area contributed by atoms with E-state index in [0.717, 1.165) is 42.4 Å². The Morgan fingerprint density at radius 1 is 1.27 bits per heavy atom. The second-order valence-electron chi connectivity index (χ2n) is 6.58. The molecule has 2 N–H and O–H groups in total. The van der Waals surface area contributed by atoms with Gasteiger partial charge >= 0.3 is 0 Å². The van der Waals surface area contributed by atoms with Gasteiger partial charge < -0.3 is 15.5 Å². The van der Waals surface area contributed by atoms with Gasteiger partial charge in [-0.05, 0) is 18.6 Å². The molecular weight excluding hydrogens is 346 g/mol. The van der Waals surface area contributed by atoms with Crippen molar-refractivity contribution >= 4 is 27.9 Å². The fraction of sp³-hybridized carbons (Fsp3) is 0.368. The average molecular weight is 369 g/mol. The first-order chi connectivity index (χ1) is 12.7. The van der Waals surface area contributed by atoms with E-state index in [1.165, 1.54) is 10.6 Å². The summed E-state index contributed by atoms with van der Waals surface area (Å²) in [6, 6.07) is 8.31. The van der Waals surface area contributed by atoms with Crippen molar-refractivity contribution in [3.8, 4) is 0 Å². The number of nitrogens with zero attached hydrogens (tertiary/aromatic N) is 3. The second-order valence-corrected chi connectivity index (χ2v) is 7.80. The monoisotopic (exact) mass is 369 g/mol. The van der Waals surface area contributed by atoms with Crippen molar-refractivity contribution in [2.45, 2.75) is 19.9 Å². The number of thiazole rings is 1. The first-order valence-electron chi connectivity index (χ1n) is 8.93. The van der Waals surface area contributed by atoms with Crippen molar-refractivity contribution in [3.63, 3.8) is 0 Å². The van der Waals surface area contributed by atoms with Gasteiger partial charge in [0.2, 0.25) is 5.91 Å². The van der Waals surface area contributed by atoms with Crippen LogP contribution in [0.3, 0.4) is 0 Å². The maximum absolute atomic E-state index is 12.4. The number of carbonyl (C=O) groups excluding carboxylic acids is 1. The number of piperazine rings is 1. The molecule has 1 amide bonds. The molecule has 1 fully saturated rings. The van der Waals surface area contributed by atoms with Crippen LogP contribution in [-0.2, 0) is 17.8 Å². The third kappa shape index (κ3) is 3.73. The number of aromatic nitrogens is 2. The average Bonchev–Trinajstić information content (AvgIpc) is 3.17. The largest absolute Gasteiger partial charge is 0.369 e. The normalized spacial score (nSPS) is 14.7. The number of amides is 1. The van der Waals surface area contributed by atoms with Gasteiger partial charge in [0.25, 0.3) is 0 Å². The number of fused-ring (bicyclic) bond motifs is 1. The predicted molar refractivity (Wildman–Crippen MR) is 105 cm³/mol. The van der Waals surface area contributed by atoms with E-state index >= 15 is 0 Å². The van der Waals surface area contributed by atoms with Crippen LogP contribution in [0.5, 0.6) is 0 Å². The van der Waals surface area contributed by atoms with E-state index in [0.29, 0.717) is 13.0 Å². The molecule has 0 saturated carbocycles. The van der Waals surface area contributed by atoms with E-state index in [-0.39, 0.29) is 5.91 Å². The lowest BCUT2D eigenvalue weighted by atomic mass is 10.1. The number of para-hydroxylation sites is 1. The second kappa shape index (κ2) is 7.47. The van der Waals surface area contributed by atoms with Crippen LogP contribution in [0.25, 0.3) is 4.96 Å². The van der Waals surface area contributed by atoms with E-state index in [1.807, 2.05) is 22.9 Å². The zero-order valence-corrected chi connectivity index (χ0v) is 15.7. The number of hydrogen-bond acceptors (Lipinski definition) is 5. The SMILES string of the molecule is Cc1cn2cc(CC(=O)NCc3ccccc3N3CCNCC3)nc2s1. The van der Waals surface area contributed by atoms with Crippen LogP contribution in [0, 0.1) is 6.92 Å². The molecule has 7 heteroatoms. The van der Waals surface area contributed by atoms with E-state index in [1.54, 1.807) is 11.3 Å². The summed E-state index contributed by atoms with van der Waals surface area (Å²) >= 11 is 1.64. The van der Waals surface area contributed by atoms with E-state index in [2.05, 4.69) is 45.6 Å². The van der Waals surface area contributed by atoms with Crippen LogP contribution >= 0.6 is 11.3 Å². The van der Waals surface area contributed by atoms with Crippen molar-refractivity contribution in [1.82, 2.24) is 20.0 Å². The molecule has 0 atom stereocenters. The Labute approximate surface area is 156 Å². The van der Waals surface area contributed by atoms with Gasteiger partial charge in [-0.3, -0.25) is 9.20 Å². The number of hydrogen-bond donors (Lipinski definition) is 2. The number of rotatable bonds is 5. The first-order valence-corrected chi connectivity index (χ1v) is 9.75. The van der Waals surface area contributed by atoms with E-state index in [9.17, 15) is 4.79 Å². The molecule has 3 heterocycles. The minimum Gasteiger partial charge on any atom is -0.369 e. The Bertz CT molecular complexity index is 878. The number of benzene rings is 1. The Morgan fingerprint density at radius 3 is 2.88 bits per heavy atom. The summed E-state index contributed by atoms with van der Waals surface area (Å²) < 4.78 is 1.99. The molecule has 1 aliphatic rings. The van der Waals surface area contributed by atoms with Crippen LogP contribution in [0.4, 0.5) is 5.69 Å². The lowest BCUT2D eigenvalue weighted by Crippen LogP contribution is -2.44. The predicted octanol–water partition coefficient (Wildman–Crippen LogP) is 1.97. The summed E-state index contributed by atoms with van der Waals surface area (Å²) in [6.45, 7) is 6.59. The minimum absolute atomic E-state index is 0.00240. The van der Waals surface area contributed by atoms with Crippen LogP contribution in [0.1, 0.15) is 16.1 Å². The molecule has 0 aliphatic carbocycles. The number of imidazole rings is 1.